The minimum atomic E-state index is -0.225. The van der Waals surface area contributed by atoms with Crippen LogP contribution < -0.4 is 5.73 Å². The van der Waals surface area contributed by atoms with Gasteiger partial charge in [-0.15, -0.1) is 0 Å². The minimum Gasteiger partial charge on any atom is -0.321 e. The van der Waals surface area contributed by atoms with Gasteiger partial charge in [-0.25, -0.2) is 14.1 Å². The highest BCUT2D eigenvalue weighted by molar-refractivity contribution is 5.20. The fourth-order valence-corrected chi connectivity index (χ4v) is 2.49. The molecule has 1 aromatic carbocycles. The molecule has 0 amide bonds. The smallest absolute Gasteiger partial charge is 0.155 e. The molecule has 5 heteroatoms. The van der Waals surface area contributed by atoms with E-state index in [0.717, 1.165) is 30.1 Å². The minimum absolute atomic E-state index is 0.0225. The van der Waals surface area contributed by atoms with Crippen molar-refractivity contribution < 1.29 is 4.39 Å². The van der Waals surface area contributed by atoms with Gasteiger partial charge in [0, 0.05) is 6.42 Å². The summed E-state index contributed by atoms with van der Waals surface area (Å²) in [5.41, 5.74) is 7.07. The van der Waals surface area contributed by atoms with Crippen LogP contribution in [0.5, 0.6) is 0 Å². The van der Waals surface area contributed by atoms with E-state index in [2.05, 4.69) is 17.0 Å². The molecule has 19 heavy (non-hydrogen) atoms. The zero-order valence-corrected chi connectivity index (χ0v) is 10.9. The van der Waals surface area contributed by atoms with Crippen molar-refractivity contribution in [2.45, 2.75) is 38.3 Å². The predicted molar refractivity (Wildman–Crippen MR) is 70.1 cm³/mol. The van der Waals surface area contributed by atoms with Gasteiger partial charge in [0.1, 0.15) is 11.6 Å². The molecule has 0 saturated carbocycles. The fraction of sp³-hybridized carbons (Fsp3) is 0.429. The van der Waals surface area contributed by atoms with Crippen molar-refractivity contribution >= 4 is 0 Å². The molecule has 2 heterocycles. The monoisotopic (exact) mass is 260 g/mol. The van der Waals surface area contributed by atoms with Crippen LogP contribution in [0.1, 0.15) is 49.1 Å². The SMILES string of the molecule is CC1CCC(N)c2nc(Cc3ccc(F)cc3)nn21. The third-order valence-corrected chi connectivity index (χ3v) is 3.62. The molecule has 0 spiro atoms. The van der Waals surface area contributed by atoms with Crippen molar-refractivity contribution in [1.29, 1.82) is 0 Å². The van der Waals surface area contributed by atoms with E-state index in [1.807, 2.05) is 4.68 Å². The summed E-state index contributed by atoms with van der Waals surface area (Å²) in [4.78, 5) is 4.53. The number of halogens is 1. The Morgan fingerprint density at radius 2 is 2.05 bits per heavy atom. The first-order valence-corrected chi connectivity index (χ1v) is 6.59. The first-order chi connectivity index (χ1) is 9.13. The number of aromatic nitrogens is 3. The van der Waals surface area contributed by atoms with E-state index in [1.54, 1.807) is 12.1 Å². The second-order valence-corrected chi connectivity index (χ2v) is 5.17. The number of rotatable bonds is 2. The number of benzene rings is 1. The molecular weight excluding hydrogens is 243 g/mol. The lowest BCUT2D eigenvalue weighted by molar-refractivity contribution is 0.349. The standard InChI is InChI=1S/C14H17FN4/c1-9-2-7-12(16)14-17-13(18-19(9)14)8-10-3-5-11(15)6-4-10/h3-6,9,12H,2,7-8,16H2,1H3. The molecule has 0 saturated heterocycles. The maximum atomic E-state index is 12.9. The van der Waals surface area contributed by atoms with E-state index in [-0.39, 0.29) is 11.9 Å². The van der Waals surface area contributed by atoms with Crippen molar-refractivity contribution in [3.8, 4) is 0 Å². The molecule has 2 unspecified atom stereocenters. The van der Waals surface area contributed by atoms with Crippen LogP contribution in [0.2, 0.25) is 0 Å². The van der Waals surface area contributed by atoms with Crippen LogP contribution in [0.25, 0.3) is 0 Å². The molecule has 3 rings (SSSR count). The average Bonchev–Trinajstić information content (AvgIpc) is 2.82. The first kappa shape index (κ1) is 12.3. The molecule has 100 valence electrons. The van der Waals surface area contributed by atoms with Gasteiger partial charge < -0.3 is 5.73 Å². The highest BCUT2D eigenvalue weighted by Gasteiger charge is 2.25. The number of hydrogen-bond donors (Lipinski definition) is 1. The molecule has 2 N–H and O–H groups in total. The maximum Gasteiger partial charge on any atom is 0.155 e. The third kappa shape index (κ3) is 2.38. The average molecular weight is 260 g/mol. The Morgan fingerprint density at radius 3 is 2.74 bits per heavy atom. The van der Waals surface area contributed by atoms with Crippen LogP contribution in [0, 0.1) is 5.82 Å². The summed E-state index contributed by atoms with van der Waals surface area (Å²) in [6.07, 6.45) is 2.60. The molecule has 0 fully saturated rings. The van der Waals surface area contributed by atoms with Crippen LogP contribution >= 0.6 is 0 Å². The lowest BCUT2D eigenvalue weighted by atomic mass is 10.0. The summed E-state index contributed by atoms with van der Waals surface area (Å²) in [5.74, 6) is 1.40. The molecule has 2 atom stereocenters. The molecule has 1 aliphatic rings. The van der Waals surface area contributed by atoms with Gasteiger partial charge in [-0.2, -0.15) is 5.10 Å². The molecule has 1 aromatic heterocycles. The van der Waals surface area contributed by atoms with Gasteiger partial charge in [0.05, 0.1) is 12.1 Å². The summed E-state index contributed by atoms with van der Waals surface area (Å²) in [7, 11) is 0. The van der Waals surface area contributed by atoms with Gasteiger partial charge in [-0.05, 0) is 37.5 Å². The summed E-state index contributed by atoms with van der Waals surface area (Å²) < 4.78 is 14.8. The van der Waals surface area contributed by atoms with E-state index in [4.69, 9.17) is 5.73 Å². The van der Waals surface area contributed by atoms with E-state index in [0.29, 0.717) is 12.5 Å². The Kier molecular flexibility index (Phi) is 3.06. The van der Waals surface area contributed by atoms with E-state index < -0.39 is 0 Å². The third-order valence-electron chi connectivity index (χ3n) is 3.62. The summed E-state index contributed by atoms with van der Waals surface area (Å²) in [6.45, 7) is 2.13. The fourth-order valence-electron chi connectivity index (χ4n) is 2.49. The Bertz CT molecular complexity index is 548. The van der Waals surface area contributed by atoms with Gasteiger partial charge in [0.2, 0.25) is 0 Å². The van der Waals surface area contributed by atoms with Gasteiger partial charge in [0.25, 0.3) is 0 Å². The van der Waals surface area contributed by atoms with Crippen LogP contribution in [-0.2, 0) is 6.42 Å². The van der Waals surface area contributed by atoms with Gasteiger partial charge in [-0.3, -0.25) is 0 Å². The highest BCUT2D eigenvalue weighted by atomic mass is 19.1. The number of nitrogens with zero attached hydrogens (tertiary/aromatic N) is 3. The Labute approximate surface area is 111 Å². The second-order valence-electron chi connectivity index (χ2n) is 5.17. The molecule has 0 radical (unpaired) electrons. The van der Waals surface area contributed by atoms with Crippen LogP contribution in [0.4, 0.5) is 4.39 Å². The van der Waals surface area contributed by atoms with Crippen molar-refractivity contribution in [1.82, 2.24) is 14.8 Å². The quantitative estimate of drug-likeness (QED) is 0.901. The molecule has 4 nitrogen and oxygen atoms in total. The molecule has 1 aliphatic heterocycles. The Hall–Kier alpha value is -1.75. The van der Waals surface area contributed by atoms with Crippen molar-refractivity contribution in [2.24, 2.45) is 5.73 Å². The van der Waals surface area contributed by atoms with E-state index >= 15 is 0 Å². The molecule has 2 aromatic rings. The molecular formula is C14H17FN4. The summed E-state index contributed by atoms with van der Waals surface area (Å²) in [6, 6.07) is 6.77. The van der Waals surface area contributed by atoms with Crippen molar-refractivity contribution in [3.05, 3.63) is 47.3 Å². The lowest BCUT2D eigenvalue weighted by Crippen LogP contribution is -2.25. The lowest BCUT2D eigenvalue weighted by Gasteiger charge is -2.23. The van der Waals surface area contributed by atoms with Crippen LogP contribution in [-0.4, -0.2) is 14.8 Å². The second kappa shape index (κ2) is 4.74. The van der Waals surface area contributed by atoms with E-state index in [9.17, 15) is 4.39 Å². The number of fused-ring (bicyclic) bond motifs is 1. The Morgan fingerprint density at radius 1 is 1.32 bits per heavy atom. The van der Waals surface area contributed by atoms with Gasteiger partial charge >= 0.3 is 0 Å². The van der Waals surface area contributed by atoms with Crippen molar-refractivity contribution in [2.75, 3.05) is 0 Å². The summed E-state index contributed by atoms with van der Waals surface area (Å²) >= 11 is 0. The largest absolute Gasteiger partial charge is 0.321 e. The first-order valence-electron chi connectivity index (χ1n) is 6.59. The number of nitrogens with two attached hydrogens (primary N) is 1. The highest BCUT2D eigenvalue weighted by Crippen LogP contribution is 2.28. The van der Waals surface area contributed by atoms with Crippen LogP contribution in [0.3, 0.4) is 0 Å². The van der Waals surface area contributed by atoms with Crippen LogP contribution in [0.15, 0.2) is 24.3 Å². The zero-order chi connectivity index (χ0) is 13.4. The van der Waals surface area contributed by atoms with E-state index in [1.165, 1.54) is 12.1 Å². The van der Waals surface area contributed by atoms with Gasteiger partial charge in [0.15, 0.2) is 5.82 Å². The normalized spacial score (nSPS) is 22.3. The summed E-state index contributed by atoms with van der Waals surface area (Å²) in [5, 5.41) is 4.53. The molecule has 0 aliphatic carbocycles. The maximum absolute atomic E-state index is 12.9. The molecule has 0 bridgehead atoms. The zero-order valence-electron chi connectivity index (χ0n) is 10.9. The predicted octanol–water partition coefficient (Wildman–Crippen LogP) is 2.36. The van der Waals surface area contributed by atoms with Gasteiger partial charge in [-0.1, -0.05) is 12.1 Å². The number of hydrogen-bond acceptors (Lipinski definition) is 3. The Balaban J connectivity index is 1.86. The topological polar surface area (TPSA) is 56.7 Å². The van der Waals surface area contributed by atoms with Crippen molar-refractivity contribution in [3.63, 3.8) is 0 Å².